The van der Waals surface area contributed by atoms with E-state index in [1.54, 1.807) is 12.3 Å². The monoisotopic (exact) mass is 247 g/mol. The van der Waals surface area contributed by atoms with Gasteiger partial charge in [-0.3, -0.25) is 4.98 Å². The van der Waals surface area contributed by atoms with Crippen LogP contribution in [0, 0.1) is 5.82 Å². The number of anilines is 2. The summed E-state index contributed by atoms with van der Waals surface area (Å²) in [6.07, 6.45) is 3.69. The normalized spacial score (nSPS) is 12.6. The van der Waals surface area contributed by atoms with Gasteiger partial charge >= 0.3 is 0 Å². The Morgan fingerprint density at radius 3 is 3.00 bits per heavy atom. The Bertz CT molecular complexity index is 554. The van der Waals surface area contributed by atoms with Crippen molar-refractivity contribution in [1.82, 2.24) is 4.98 Å². The number of benzene rings is 1. The van der Waals surface area contributed by atoms with Crippen LogP contribution in [0.4, 0.5) is 15.8 Å². The molecule has 4 heteroatoms. The number of nitrogens with two attached hydrogens (primary N) is 1. The Kier molecular flexibility index (Phi) is 3.65. The molecule has 0 fully saturated rings. The van der Waals surface area contributed by atoms with E-state index in [1.807, 2.05) is 13.0 Å². The van der Waals surface area contributed by atoms with Gasteiger partial charge in [-0.2, -0.15) is 0 Å². The summed E-state index contributed by atoms with van der Waals surface area (Å²) in [7, 11) is 0. The van der Waals surface area contributed by atoms with Crippen LogP contribution in [0.5, 0.6) is 0 Å². The van der Waals surface area contributed by atoms with E-state index in [4.69, 9.17) is 5.73 Å². The van der Waals surface area contributed by atoms with Gasteiger partial charge in [-0.25, -0.2) is 4.39 Å². The van der Waals surface area contributed by atoms with Crippen molar-refractivity contribution in [1.29, 1.82) is 0 Å². The van der Waals surface area contributed by atoms with Crippen molar-refractivity contribution in [2.75, 3.05) is 11.1 Å². The van der Waals surface area contributed by atoms with Crippen LogP contribution in [-0.2, 0) is 0 Å². The predicted molar refractivity (Wildman–Crippen MR) is 74.1 cm³/mol. The van der Waals surface area contributed by atoms with E-state index < -0.39 is 0 Å². The maximum absolute atomic E-state index is 14.0. The molecule has 18 heavy (non-hydrogen) atoms. The SMILES string of the molecule is CCCC(C)Nc1c(F)cc(N)c2cccnc12. The highest BCUT2D eigenvalue weighted by molar-refractivity contribution is 5.98. The van der Waals surface area contributed by atoms with Gasteiger partial charge in [0.05, 0.1) is 11.2 Å². The van der Waals surface area contributed by atoms with Gasteiger partial charge in [0.25, 0.3) is 0 Å². The first-order valence-corrected chi connectivity index (χ1v) is 6.22. The lowest BCUT2D eigenvalue weighted by atomic mass is 10.1. The van der Waals surface area contributed by atoms with Gasteiger partial charge in [0.1, 0.15) is 0 Å². The van der Waals surface area contributed by atoms with Crippen LogP contribution in [0.25, 0.3) is 10.9 Å². The molecule has 2 rings (SSSR count). The second kappa shape index (κ2) is 5.21. The van der Waals surface area contributed by atoms with Crippen molar-refractivity contribution in [3.8, 4) is 0 Å². The van der Waals surface area contributed by atoms with E-state index in [-0.39, 0.29) is 11.9 Å². The molecule has 0 aliphatic rings. The number of aromatic nitrogens is 1. The topological polar surface area (TPSA) is 50.9 Å². The fourth-order valence-corrected chi connectivity index (χ4v) is 2.13. The van der Waals surface area contributed by atoms with E-state index >= 15 is 0 Å². The van der Waals surface area contributed by atoms with E-state index in [0.29, 0.717) is 16.9 Å². The molecule has 3 N–H and O–H groups in total. The quantitative estimate of drug-likeness (QED) is 0.812. The summed E-state index contributed by atoms with van der Waals surface area (Å²) < 4.78 is 14.0. The largest absolute Gasteiger partial charge is 0.398 e. The highest BCUT2D eigenvalue weighted by atomic mass is 19.1. The average Bonchev–Trinajstić information content (AvgIpc) is 2.35. The van der Waals surface area contributed by atoms with Crippen LogP contribution in [0.15, 0.2) is 24.4 Å². The van der Waals surface area contributed by atoms with Gasteiger partial charge in [-0.15, -0.1) is 0 Å². The van der Waals surface area contributed by atoms with E-state index in [2.05, 4.69) is 17.2 Å². The third-order valence-corrected chi connectivity index (χ3v) is 2.99. The number of hydrogen-bond acceptors (Lipinski definition) is 3. The van der Waals surface area contributed by atoms with Crippen molar-refractivity contribution >= 4 is 22.3 Å². The average molecular weight is 247 g/mol. The molecule has 0 amide bonds. The zero-order valence-corrected chi connectivity index (χ0v) is 10.7. The fraction of sp³-hybridized carbons (Fsp3) is 0.357. The van der Waals surface area contributed by atoms with Crippen molar-refractivity contribution in [2.45, 2.75) is 32.7 Å². The molecule has 0 saturated heterocycles. The van der Waals surface area contributed by atoms with Crippen LogP contribution in [0.1, 0.15) is 26.7 Å². The maximum Gasteiger partial charge on any atom is 0.150 e. The van der Waals surface area contributed by atoms with Gasteiger partial charge in [0, 0.05) is 23.3 Å². The molecule has 0 saturated carbocycles. The molecule has 1 aromatic heterocycles. The molecule has 1 atom stereocenters. The lowest BCUT2D eigenvalue weighted by Crippen LogP contribution is -2.16. The van der Waals surface area contributed by atoms with Crippen LogP contribution in [-0.4, -0.2) is 11.0 Å². The smallest absolute Gasteiger partial charge is 0.150 e. The third kappa shape index (κ3) is 2.37. The molecule has 1 heterocycles. The number of halogens is 1. The molecule has 0 aliphatic carbocycles. The minimum absolute atomic E-state index is 0.207. The Hall–Kier alpha value is -1.84. The van der Waals surface area contributed by atoms with Crippen molar-refractivity contribution in [3.05, 3.63) is 30.2 Å². The number of hydrogen-bond donors (Lipinski definition) is 2. The van der Waals surface area contributed by atoms with Gasteiger partial charge in [0.2, 0.25) is 0 Å². The number of nitrogens with one attached hydrogen (secondary N) is 1. The first-order chi connectivity index (χ1) is 8.63. The number of nitrogen functional groups attached to an aromatic ring is 1. The van der Waals surface area contributed by atoms with Crippen molar-refractivity contribution < 1.29 is 4.39 Å². The summed E-state index contributed by atoms with van der Waals surface area (Å²) in [5.74, 6) is -0.346. The molecule has 96 valence electrons. The van der Waals surface area contributed by atoms with Crippen molar-refractivity contribution in [3.63, 3.8) is 0 Å². The van der Waals surface area contributed by atoms with Gasteiger partial charge < -0.3 is 11.1 Å². The summed E-state index contributed by atoms with van der Waals surface area (Å²) >= 11 is 0. The molecular weight excluding hydrogens is 229 g/mol. The molecule has 2 aromatic rings. The molecule has 0 radical (unpaired) electrons. The first-order valence-electron chi connectivity index (χ1n) is 6.22. The van der Waals surface area contributed by atoms with E-state index in [9.17, 15) is 4.39 Å². The number of rotatable bonds is 4. The highest BCUT2D eigenvalue weighted by Gasteiger charge is 2.13. The first kappa shape index (κ1) is 12.6. The molecule has 0 spiro atoms. The van der Waals surface area contributed by atoms with E-state index in [1.165, 1.54) is 6.07 Å². The zero-order chi connectivity index (χ0) is 13.1. The predicted octanol–water partition coefficient (Wildman–Crippen LogP) is 3.56. The van der Waals surface area contributed by atoms with Gasteiger partial charge in [-0.1, -0.05) is 13.3 Å². The highest BCUT2D eigenvalue weighted by Crippen LogP contribution is 2.30. The van der Waals surface area contributed by atoms with E-state index in [0.717, 1.165) is 18.2 Å². The van der Waals surface area contributed by atoms with Crippen molar-refractivity contribution in [2.24, 2.45) is 0 Å². The summed E-state index contributed by atoms with van der Waals surface area (Å²) in [6, 6.07) is 5.21. The second-order valence-corrected chi connectivity index (χ2v) is 4.56. The Morgan fingerprint density at radius 1 is 1.50 bits per heavy atom. The Balaban J connectivity index is 2.49. The zero-order valence-electron chi connectivity index (χ0n) is 10.7. The summed E-state index contributed by atoms with van der Waals surface area (Å²) in [5.41, 5.74) is 7.27. The minimum Gasteiger partial charge on any atom is -0.398 e. The van der Waals surface area contributed by atoms with Gasteiger partial charge in [0.15, 0.2) is 5.82 Å². The lowest BCUT2D eigenvalue weighted by molar-refractivity contribution is 0.622. The number of pyridine rings is 1. The molecule has 3 nitrogen and oxygen atoms in total. The minimum atomic E-state index is -0.346. The van der Waals surface area contributed by atoms with Crippen LogP contribution < -0.4 is 11.1 Å². The summed E-state index contributed by atoms with van der Waals surface area (Å²) in [6.45, 7) is 4.14. The third-order valence-electron chi connectivity index (χ3n) is 2.99. The summed E-state index contributed by atoms with van der Waals surface area (Å²) in [4.78, 5) is 4.23. The van der Waals surface area contributed by atoms with Crippen LogP contribution >= 0.6 is 0 Å². The maximum atomic E-state index is 14.0. The molecule has 0 bridgehead atoms. The molecule has 1 unspecified atom stereocenters. The molecule has 1 aromatic carbocycles. The number of nitrogens with zero attached hydrogens (tertiary/aromatic N) is 1. The molecular formula is C14H18FN3. The summed E-state index contributed by atoms with van der Waals surface area (Å²) in [5, 5.41) is 3.97. The van der Waals surface area contributed by atoms with Crippen LogP contribution in [0.2, 0.25) is 0 Å². The number of fused-ring (bicyclic) bond motifs is 1. The Labute approximate surface area is 106 Å². The molecule has 0 aliphatic heterocycles. The fourth-order valence-electron chi connectivity index (χ4n) is 2.13. The second-order valence-electron chi connectivity index (χ2n) is 4.56. The standard InChI is InChI=1S/C14H18FN3/c1-3-5-9(2)18-14-11(15)8-12(16)10-6-4-7-17-13(10)14/h4,6-9,18H,3,5,16H2,1-2H3. The van der Waals surface area contributed by atoms with Crippen LogP contribution in [0.3, 0.4) is 0 Å². The lowest BCUT2D eigenvalue weighted by Gasteiger charge is -2.17. The Morgan fingerprint density at radius 2 is 2.28 bits per heavy atom. The van der Waals surface area contributed by atoms with Gasteiger partial charge in [-0.05, 0) is 31.5 Å².